The second-order valence-corrected chi connectivity index (χ2v) is 4.65. The Morgan fingerprint density at radius 3 is 2.24 bits per heavy atom. The van der Waals surface area contributed by atoms with E-state index < -0.39 is 0 Å². The second-order valence-electron chi connectivity index (χ2n) is 4.65. The van der Waals surface area contributed by atoms with E-state index in [1.54, 1.807) is 0 Å². The van der Waals surface area contributed by atoms with Gasteiger partial charge >= 0.3 is 0 Å². The van der Waals surface area contributed by atoms with E-state index in [-0.39, 0.29) is 0 Å². The maximum atomic E-state index is 5.62. The highest BCUT2D eigenvalue weighted by Crippen LogP contribution is 2.26. The fourth-order valence-corrected chi connectivity index (χ4v) is 2.40. The van der Waals surface area contributed by atoms with Crippen molar-refractivity contribution >= 4 is 5.69 Å². The first-order chi connectivity index (χ1) is 8.33. The van der Waals surface area contributed by atoms with Crippen LogP contribution in [-0.4, -0.2) is 13.1 Å². The largest absolute Gasteiger partial charge is 0.461 e. The third-order valence-corrected chi connectivity index (χ3v) is 3.36. The van der Waals surface area contributed by atoms with Gasteiger partial charge in [0, 0.05) is 24.3 Å². The van der Waals surface area contributed by atoms with Crippen LogP contribution in [0.1, 0.15) is 18.6 Å². The molecule has 1 aliphatic heterocycles. The van der Waals surface area contributed by atoms with Gasteiger partial charge in [0.25, 0.3) is 0 Å². The van der Waals surface area contributed by atoms with Crippen LogP contribution in [0.4, 0.5) is 5.69 Å². The monoisotopic (exact) mass is 227 g/mol. The zero-order valence-corrected chi connectivity index (χ0v) is 10.1. The molecule has 1 aromatic heterocycles. The van der Waals surface area contributed by atoms with Crippen molar-refractivity contribution in [1.82, 2.24) is 0 Å². The van der Waals surface area contributed by atoms with Gasteiger partial charge < -0.3 is 9.32 Å². The summed E-state index contributed by atoms with van der Waals surface area (Å²) in [6.07, 6.45) is 2.64. The van der Waals surface area contributed by atoms with Gasteiger partial charge in [-0.25, -0.2) is 0 Å². The van der Waals surface area contributed by atoms with E-state index in [4.69, 9.17) is 4.42 Å². The fourth-order valence-electron chi connectivity index (χ4n) is 2.40. The molecule has 88 valence electrons. The Morgan fingerprint density at radius 1 is 0.941 bits per heavy atom. The molecule has 0 spiro atoms. The Kier molecular flexibility index (Phi) is 2.63. The summed E-state index contributed by atoms with van der Waals surface area (Å²) in [6.45, 7) is 4.36. The molecule has 0 atom stereocenters. The molecule has 2 nitrogen and oxygen atoms in total. The number of benzene rings is 1. The molecule has 1 fully saturated rings. The van der Waals surface area contributed by atoms with Gasteiger partial charge in [0.05, 0.1) is 0 Å². The summed E-state index contributed by atoms with van der Waals surface area (Å²) in [7, 11) is 0. The minimum atomic E-state index is 0.954. The molecule has 2 heterocycles. The Morgan fingerprint density at radius 2 is 1.65 bits per heavy atom. The lowest BCUT2D eigenvalue weighted by Gasteiger charge is -2.17. The van der Waals surface area contributed by atoms with E-state index in [0.717, 1.165) is 17.1 Å². The summed E-state index contributed by atoms with van der Waals surface area (Å²) >= 11 is 0. The number of furan rings is 1. The maximum absolute atomic E-state index is 5.62. The lowest BCUT2D eigenvalue weighted by atomic mass is 10.1. The van der Waals surface area contributed by atoms with Crippen molar-refractivity contribution in [3.05, 3.63) is 42.2 Å². The molecular formula is C15H17NO. The van der Waals surface area contributed by atoms with Gasteiger partial charge in [-0.3, -0.25) is 0 Å². The average molecular weight is 227 g/mol. The van der Waals surface area contributed by atoms with Crippen molar-refractivity contribution in [2.75, 3.05) is 18.0 Å². The zero-order valence-electron chi connectivity index (χ0n) is 10.1. The molecular weight excluding hydrogens is 210 g/mol. The van der Waals surface area contributed by atoms with Gasteiger partial charge in [-0.05, 0) is 56.2 Å². The zero-order chi connectivity index (χ0) is 11.7. The van der Waals surface area contributed by atoms with Gasteiger partial charge in [0.2, 0.25) is 0 Å². The normalized spacial score (nSPS) is 15.5. The topological polar surface area (TPSA) is 16.4 Å². The molecule has 2 aromatic rings. The molecule has 1 saturated heterocycles. The summed E-state index contributed by atoms with van der Waals surface area (Å²) in [5, 5.41) is 0. The molecule has 0 unspecified atom stereocenters. The van der Waals surface area contributed by atoms with Gasteiger partial charge in [-0.1, -0.05) is 0 Å². The van der Waals surface area contributed by atoms with Crippen molar-refractivity contribution in [1.29, 1.82) is 0 Å². The third-order valence-electron chi connectivity index (χ3n) is 3.36. The number of anilines is 1. The summed E-state index contributed by atoms with van der Waals surface area (Å²) in [5.74, 6) is 1.92. The van der Waals surface area contributed by atoms with E-state index >= 15 is 0 Å². The molecule has 0 aliphatic carbocycles. The second kappa shape index (κ2) is 4.28. The first-order valence-electron chi connectivity index (χ1n) is 6.25. The minimum absolute atomic E-state index is 0.954. The molecule has 0 saturated carbocycles. The Hall–Kier alpha value is -1.70. The van der Waals surface area contributed by atoms with Gasteiger partial charge in [0.1, 0.15) is 11.5 Å². The SMILES string of the molecule is Cc1ccc(-c2ccc(N3CCCC3)cc2)o1. The predicted octanol–water partition coefficient (Wildman–Crippen LogP) is 3.86. The van der Waals surface area contributed by atoms with Crippen LogP contribution in [-0.2, 0) is 0 Å². The lowest BCUT2D eigenvalue weighted by molar-refractivity contribution is 0.548. The number of nitrogens with zero attached hydrogens (tertiary/aromatic N) is 1. The van der Waals surface area contributed by atoms with Crippen molar-refractivity contribution in [2.24, 2.45) is 0 Å². The van der Waals surface area contributed by atoms with Crippen LogP contribution in [0.25, 0.3) is 11.3 Å². The average Bonchev–Trinajstić information content (AvgIpc) is 3.00. The minimum Gasteiger partial charge on any atom is -0.461 e. The molecule has 0 bridgehead atoms. The maximum Gasteiger partial charge on any atom is 0.134 e. The number of aryl methyl sites for hydroxylation is 1. The molecule has 1 aliphatic rings. The third kappa shape index (κ3) is 2.07. The Balaban J connectivity index is 1.84. The van der Waals surface area contributed by atoms with Crippen LogP contribution in [0.15, 0.2) is 40.8 Å². The highest BCUT2D eigenvalue weighted by molar-refractivity contribution is 5.62. The molecule has 0 radical (unpaired) electrons. The number of hydrogen-bond donors (Lipinski definition) is 0. The van der Waals surface area contributed by atoms with Gasteiger partial charge in [-0.15, -0.1) is 0 Å². The molecule has 1 aromatic carbocycles. The van der Waals surface area contributed by atoms with Crippen molar-refractivity contribution in [3.63, 3.8) is 0 Å². The smallest absolute Gasteiger partial charge is 0.134 e. The van der Waals surface area contributed by atoms with Crippen LogP contribution in [0.2, 0.25) is 0 Å². The van der Waals surface area contributed by atoms with Crippen LogP contribution >= 0.6 is 0 Å². The number of hydrogen-bond acceptors (Lipinski definition) is 2. The first kappa shape index (κ1) is 10.5. The lowest BCUT2D eigenvalue weighted by Crippen LogP contribution is -2.17. The Bertz CT molecular complexity index is 492. The fraction of sp³-hybridized carbons (Fsp3) is 0.333. The van der Waals surface area contributed by atoms with Crippen LogP contribution in [0.3, 0.4) is 0 Å². The highest BCUT2D eigenvalue weighted by Gasteiger charge is 2.12. The van der Waals surface area contributed by atoms with Gasteiger partial charge in [-0.2, -0.15) is 0 Å². The summed E-state index contributed by atoms with van der Waals surface area (Å²) in [6, 6.07) is 12.7. The van der Waals surface area contributed by atoms with Crippen LogP contribution in [0, 0.1) is 6.92 Å². The molecule has 17 heavy (non-hydrogen) atoms. The molecule has 3 rings (SSSR count). The quantitative estimate of drug-likeness (QED) is 0.774. The molecule has 0 amide bonds. The molecule has 2 heteroatoms. The first-order valence-corrected chi connectivity index (χ1v) is 6.25. The number of rotatable bonds is 2. The van der Waals surface area contributed by atoms with E-state index in [1.807, 2.05) is 19.1 Å². The summed E-state index contributed by atoms with van der Waals surface area (Å²) < 4.78 is 5.62. The summed E-state index contributed by atoms with van der Waals surface area (Å²) in [5.41, 5.74) is 2.48. The van der Waals surface area contributed by atoms with Crippen LogP contribution in [0.5, 0.6) is 0 Å². The van der Waals surface area contributed by atoms with Crippen molar-refractivity contribution < 1.29 is 4.42 Å². The molecule has 0 N–H and O–H groups in total. The van der Waals surface area contributed by atoms with Crippen molar-refractivity contribution in [2.45, 2.75) is 19.8 Å². The standard InChI is InChI=1S/C15H17NO/c1-12-4-9-15(17-12)13-5-7-14(8-6-13)16-10-2-3-11-16/h4-9H,2-3,10-11H2,1H3. The van der Waals surface area contributed by atoms with E-state index in [9.17, 15) is 0 Å². The van der Waals surface area contributed by atoms with Gasteiger partial charge in [0.15, 0.2) is 0 Å². The van der Waals surface area contributed by atoms with Crippen LogP contribution < -0.4 is 4.90 Å². The Labute approximate surface area is 102 Å². The van der Waals surface area contributed by atoms with E-state index in [2.05, 4.69) is 29.2 Å². The van der Waals surface area contributed by atoms with E-state index in [0.29, 0.717) is 0 Å². The predicted molar refractivity (Wildman–Crippen MR) is 70.3 cm³/mol. The summed E-state index contributed by atoms with van der Waals surface area (Å²) in [4.78, 5) is 2.44. The van der Waals surface area contributed by atoms with Crippen molar-refractivity contribution in [3.8, 4) is 11.3 Å². The highest BCUT2D eigenvalue weighted by atomic mass is 16.3. The van der Waals surface area contributed by atoms with E-state index in [1.165, 1.54) is 31.6 Å².